The Balaban J connectivity index is 3.83. The van der Waals surface area contributed by atoms with E-state index in [0.29, 0.717) is 5.57 Å². The van der Waals surface area contributed by atoms with Crippen LogP contribution in [0, 0.1) is 0 Å². The zero-order valence-corrected chi connectivity index (χ0v) is 4.76. The van der Waals surface area contributed by atoms with Crippen LogP contribution in [0.15, 0.2) is 11.3 Å². The Morgan fingerprint density at radius 2 is 1.75 bits per heavy atom. The fourth-order valence-electron chi connectivity index (χ4n) is 0.226. The van der Waals surface area contributed by atoms with Gasteiger partial charge in [-0.2, -0.15) is 0 Å². The highest BCUT2D eigenvalue weighted by Crippen LogP contribution is 1.95. The van der Waals surface area contributed by atoms with Crippen LogP contribution in [0.3, 0.4) is 0 Å². The number of aliphatic hydroxyl groups is 3. The second kappa shape index (κ2) is 3.46. The number of hydrogen-bond acceptors (Lipinski definition) is 3. The molecule has 0 saturated heterocycles. The lowest BCUT2D eigenvalue weighted by Crippen LogP contribution is -1.96. The summed E-state index contributed by atoms with van der Waals surface area (Å²) in [6, 6.07) is 0. The third-order valence-electron chi connectivity index (χ3n) is 0.880. The molecule has 0 bridgehead atoms. The predicted octanol–water partition coefficient (Wildman–Crippen LogP) is -0.197. The van der Waals surface area contributed by atoms with Gasteiger partial charge in [0.15, 0.2) is 0 Å². The fraction of sp³-hybridized carbons (Fsp3) is 0.600. The fourth-order valence-corrected chi connectivity index (χ4v) is 0.226. The van der Waals surface area contributed by atoms with E-state index in [9.17, 15) is 0 Å². The monoisotopic (exact) mass is 118 g/mol. The van der Waals surface area contributed by atoms with E-state index in [2.05, 4.69) is 0 Å². The summed E-state index contributed by atoms with van der Waals surface area (Å²) in [6.07, 6.45) is 0. The van der Waals surface area contributed by atoms with Crippen molar-refractivity contribution in [3.8, 4) is 0 Å². The van der Waals surface area contributed by atoms with Crippen LogP contribution in [0.5, 0.6) is 0 Å². The summed E-state index contributed by atoms with van der Waals surface area (Å²) in [6.45, 7) is 0.949. The molecule has 0 spiro atoms. The summed E-state index contributed by atoms with van der Waals surface area (Å²) in [7, 11) is 0. The van der Waals surface area contributed by atoms with E-state index in [1.54, 1.807) is 6.92 Å². The van der Waals surface area contributed by atoms with Gasteiger partial charge in [-0.05, 0) is 12.5 Å². The third kappa shape index (κ3) is 1.95. The van der Waals surface area contributed by atoms with Gasteiger partial charge in [0.2, 0.25) is 0 Å². The topological polar surface area (TPSA) is 60.7 Å². The molecule has 8 heavy (non-hydrogen) atoms. The van der Waals surface area contributed by atoms with Gasteiger partial charge in [0.1, 0.15) is 12.4 Å². The van der Waals surface area contributed by atoms with Crippen LogP contribution in [-0.4, -0.2) is 28.5 Å². The molecule has 3 heteroatoms. The average Bonchev–Trinajstić information content (AvgIpc) is 1.84. The molecule has 0 aliphatic heterocycles. The van der Waals surface area contributed by atoms with Crippen molar-refractivity contribution in [3.05, 3.63) is 11.3 Å². The van der Waals surface area contributed by atoms with Crippen molar-refractivity contribution in [1.29, 1.82) is 0 Å². The Morgan fingerprint density at radius 1 is 1.25 bits per heavy atom. The molecule has 0 aromatic heterocycles. The first-order valence-corrected chi connectivity index (χ1v) is 2.31. The summed E-state index contributed by atoms with van der Waals surface area (Å²) in [5, 5.41) is 25.1. The summed E-state index contributed by atoms with van der Waals surface area (Å²) < 4.78 is 0. The molecule has 48 valence electrons. The van der Waals surface area contributed by atoms with Gasteiger partial charge in [0.25, 0.3) is 0 Å². The van der Waals surface area contributed by atoms with Crippen LogP contribution >= 0.6 is 0 Å². The molecule has 0 aromatic rings. The Bertz CT molecular complexity index is 83.8. The van der Waals surface area contributed by atoms with Crippen LogP contribution in [0.25, 0.3) is 0 Å². The lowest BCUT2D eigenvalue weighted by molar-refractivity contribution is 0.240. The maximum Gasteiger partial charge on any atom is 0.119 e. The molecule has 0 rings (SSSR count). The standard InChI is InChI=1S/C5H10O3/c1-4(2-6)5(8)3-7/h6-8H,2-3H2,1H3/b5-4-. The van der Waals surface area contributed by atoms with Gasteiger partial charge in [-0.15, -0.1) is 0 Å². The molecular formula is C5H10O3. The van der Waals surface area contributed by atoms with Gasteiger partial charge in [0.05, 0.1) is 6.61 Å². The van der Waals surface area contributed by atoms with E-state index >= 15 is 0 Å². The number of hydrogen-bond donors (Lipinski definition) is 3. The molecule has 0 heterocycles. The molecule has 0 fully saturated rings. The van der Waals surface area contributed by atoms with Crippen LogP contribution < -0.4 is 0 Å². The summed E-state index contributed by atoms with van der Waals surface area (Å²) in [5.41, 5.74) is 0.410. The lowest BCUT2D eigenvalue weighted by atomic mass is 10.3. The van der Waals surface area contributed by atoms with Crippen molar-refractivity contribution in [2.24, 2.45) is 0 Å². The molecule has 0 aromatic carbocycles. The zero-order chi connectivity index (χ0) is 6.57. The highest BCUT2D eigenvalue weighted by atomic mass is 16.3. The van der Waals surface area contributed by atoms with Crippen molar-refractivity contribution < 1.29 is 15.3 Å². The van der Waals surface area contributed by atoms with E-state index < -0.39 is 6.61 Å². The minimum atomic E-state index is -0.396. The maximum absolute atomic E-state index is 8.60. The van der Waals surface area contributed by atoms with Crippen LogP contribution in [0.1, 0.15) is 6.92 Å². The number of rotatable bonds is 2. The quantitative estimate of drug-likeness (QED) is 0.440. The minimum absolute atomic E-state index is 0.146. The molecule has 3 nitrogen and oxygen atoms in total. The van der Waals surface area contributed by atoms with Crippen molar-refractivity contribution in [3.63, 3.8) is 0 Å². The lowest BCUT2D eigenvalue weighted by Gasteiger charge is -1.96. The van der Waals surface area contributed by atoms with Crippen LogP contribution in [0.4, 0.5) is 0 Å². The molecule has 0 atom stereocenters. The van der Waals surface area contributed by atoms with E-state index in [1.807, 2.05) is 0 Å². The van der Waals surface area contributed by atoms with Gasteiger partial charge in [-0.25, -0.2) is 0 Å². The van der Waals surface area contributed by atoms with E-state index in [-0.39, 0.29) is 12.4 Å². The average molecular weight is 118 g/mol. The van der Waals surface area contributed by atoms with Gasteiger partial charge in [0, 0.05) is 0 Å². The van der Waals surface area contributed by atoms with Crippen LogP contribution in [0.2, 0.25) is 0 Å². The summed E-state index contributed by atoms with van der Waals surface area (Å²) >= 11 is 0. The van der Waals surface area contributed by atoms with E-state index in [4.69, 9.17) is 15.3 Å². The first-order chi connectivity index (χ1) is 3.72. The van der Waals surface area contributed by atoms with Crippen molar-refractivity contribution >= 4 is 0 Å². The minimum Gasteiger partial charge on any atom is -0.510 e. The first-order valence-electron chi connectivity index (χ1n) is 2.31. The molecule has 3 N–H and O–H groups in total. The normalized spacial score (nSPS) is 13.4. The van der Waals surface area contributed by atoms with Crippen molar-refractivity contribution in [1.82, 2.24) is 0 Å². The van der Waals surface area contributed by atoms with Gasteiger partial charge in [-0.3, -0.25) is 0 Å². The summed E-state index contributed by atoms with van der Waals surface area (Å²) in [5.74, 6) is -0.146. The van der Waals surface area contributed by atoms with Crippen LogP contribution in [-0.2, 0) is 0 Å². The number of aliphatic hydroxyl groups excluding tert-OH is 3. The molecule has 0 aliphatic rings. The van der Waals surface area contributed by atoms with E-state index in [0.717, 1.165) is 0 Å². The molecule has 0 saturated carbocycles. The van der Waals surface area contributed by atoms with Crippen molar-refractivity contribution in [2.75, 3.05) is 13.2 Å². The highest BCUT2D eigenvalue weighted by molar-refractivity contribution is 5.03. The largest absolute Gasteiger partial charge is 0.510 e. The Kier molecular flexibility index (Phi) is 3.23. The Morgan fingerprint density at radius 3 is 1.88 bits per heavy atom. The summed E-state index contributed by atoms with van der Waals surface area (Å²) in [4.78, 5) is 0. The van der Waals surface area contributed by atoms with Gasteiger partial charge in [-0.1, -0.05) is 0 Å². The van der Waals surface area contributed by atoms with Crippen molar-refractivity contribution in [2.45, 2.75) is 6.92 Å². The second-order valence-electron chi connectivity index (χ2n) is 1.54. The van der Waals surface area contributed by atoms with Gasteiger partial charge < -0.3 is 15.3 Å². The molecule has 0 radical (unpaired) electrons. The predicted molar refractivity (Wildman–Crippen MR) is 29.5 cm³/mol. The molecule has 0 unspecified atom stereocenters. The molecule has 0 amide bonds. The highest BCUT2D eigenvalue weighted by Gasteiger charge is 1.93. The second-order valence-corrected chi connectivity index (χ2v) is 1.54. The Hall–Kier alpha value is -0.540. The third-order valence-corrected chi connectivity index (χ3v) is 0.880. The SMILES string of the molecule is C/C(CO)=C(/O)CO. The Labute approximate surface area is 47.9 Å². The maximum atomic E-state index is 8.60. The molecule has 0 aliphatic carbocycles. The smallest absolute Gasteiger partial charge is 0.119 e. The molecular weight excluding hydrogens is 108 g/mol. The first kappa shape index (κ1) is 7.46. The van der Waals surface area contributed by atoms with Gasteiger partial charge >= 0.3 is 0 Å². The van der Waals surface area contributed by atoms with E-state index in [1.165, 1.54) is 0 Å². The zero-order valence-electron chi connectivity index (χ0n) is 4.76.